The molecular weight excluding hydrogens is 290 g/mol. The number of carbonyl (C=O) groups excluding carboxylic acids is 1. The highest BCUT2D eigenvalue weighted by atomic mass is 16.5. The molecule has 0 aromatic heterocycles. The van der Waals surface area contributed by atoms with Crippen molar-refractivity contribution in [3.05, 3.63) is 53.6 Å². The lowest BCUT2D eigenvalue weighted by Crippen LogP contribution is -2.32. The fourth-order valence-electron chi connectivity index (χ4n) is 2.70. The summed E-state index contributed by atoms with van der Waals surface area (Å²) in [5, 5.41) is 2.93. The minimum Gasteiger partial charge on any atom is -0.497 e. The van der Waals surface area contributed by atoms with Crippen LogP contribution < -0.4 is 14.8 Å². The number of hydrogen-bond donors (Lipinski definition) is 1. The van der Waals surface area contributed by atoms with E-state index in [-0.39, 0.29) is 11.5 Å². The van der Waals surface area contributed by atoms with Crippen LogP contribution in [0.3, 0.4) is 0 Å². The van der Waals surface area contributed by atoms with Crippen molar-refractivity contribution >= 4 is 11.6 Å². The molecule has 0 fully saturated rings. The molecule has 23 heavy (non-hydrogen) atoms. The molecule has 2 aromatic carbocycles. The second kappa shape index (κ2) is 5.95. The fourth-order valence-corrected chi connectivity index (χ4v) is 2.70. The van der Waals surface area contributed by atoms with Gasteiger partial charge in [0, 0.05) is 11.3 Å². The fraction of sp³-hybridized carbons (Fsp3) is 0.316. The van der Waals surface area contributed by atoms with Crippen molar-refractivity contribution in [1.82, 2.24) is 0 Å². The first kappa shape index (κ1) is 15.4. The predicted molar refractivity (Wildman–Crippen MR) is 90.4 cm³/mol. The molecule has 0 spiro atoms. The molecule has 0 saturated carbocycles. The summed E-state index contributed by atoms with van der Waals surface area (Å²) in [6, 6.07) is 12.9. The molecule has 0 bridgehead atoms. The number of carbonyl (C=O) groups is 1. The van der Waals surface area contributed by atoms with Crippen molar-refractivity contribution in [3.8, 4) is 11.5 Å². The lowest BCUT2D eigenvalue weighted by molar-refractivity contribution is 0.0847. The summed E-state index contributed by atoms with van der Waals surface area (Å²) in [6.45, 7) is 4.18. The zero-order valence-electron chi connectivity index (χ0n) is 13.7. The van der Waals surface area contributed by atoms with E-state index in [0.29, 0.717) is 11.3 Å². The molecular formula is C19H21NO3. The Hall–Kier alpha value is -2.49. The lowest BCUT2D eigenvalue weighted by atomic mass is 9.94. The molecule has 1 aliphatic rings. The number of ether oxygens (including phenoxy) is 2. The van der Waals surface area contributed by atoms with Crippen molar-refractivity contribution in [2.45, 2.75) is 32.3 Å². The quantitative estimate of drug-likeness (QED) is 0.930. The molecule has 1 heterocycles. The van der Waals surface area contributed by atoms with E-state index in [9.17, 15) is 4.79 Å². The molecule has 0 saturated heterocycles. The van der Waals surface area contributed by atoms with Crippen LogP contribution in [0.1, 0.15) is 36.2 Å². The second-order valence-electron chi connectivity index (χ2n) is 6.37. The molecule has 1 aliphatic heterocycles. The maximum Gasteiger partial charge on any atom is 0.255 e. The lowest BCUT2D eigenvalue weighted by Gasteiger charge is -2.32. The number of nitrogens with one attached hydrogen (secondary N) is 1. The van der Waals surface area contributed by atoms with Gasteiger partial charge in [-0.3, -0.25) is 4.79 Å². The van der Waals surface area contributed by atoms with Gasteiger partial charge in [-0.1, -0.05) is 6.07 Å². The van der Waals surface area contributed by atoms with Gasteiger partial charge in [-0.05, 0) is 68.7 Å². The van der Waals surface area contributed by atoms with Crippen LogP contribution in [-0.4, -0.2) is 18.6 Å². The third kappa shape index (κ3) is 3.47. The maximum atomic E-state index is 12.4. The van der Waals surface area contributed by atoms with E-state index < -0.39 is 0 Å². The Morgan fingerprint density at radius 1 is 1.22 bits per heavy atom. The Morgan fingerprint density at radius 2 is 2.04 bits per heavy atom. The van der Waals surface area contributed by atoms with Gasteiger partial charge in [0.1, 0.15) is 17.1 Å². The highest BCUT2D eigenvalue weighted by molar-refractivity contribution is 6.04. The van der Waals surface area contributed by atoms with Crippen LogP contribution >= 0.6 is 0 Å². The third-order valence-electron chi connectivity index (χ3n) is 4.03. The Morgan fingerprint density at radius 3 is 2.83 bits per heavy atom. The van der Waals surface area contributed by atoms with Crippen LogP contribution in [0.2, 0.25) is 0 Å². The summed E-state index contributed by atoms with van der Waals surface area (Å²) in [4.78, 5) is 12.4. The highest BCUT2D eigenvalue weighted by Crippen LogP contribution is 2.34. The number of anilines is 1. The Labute approximate surface area is 136 Å². The minimum absolute atomic E-state index is 0.127. The number of fused-ring (bicyclic) bond motifs is 1. The summed E-state index contributed by atoms with van der Waals surface area (Å²) in [6.07, 6.45) is 1.92. The van der Waals surface area contributed by atoms with E-state index in [2.05, 4.69) is 19.2 Å². The van der Waals surface area contributed by atoms with Crippen LogP contribution in [0.5, 0.6) is 11.5 Å². The average Bonchev–Trinajstić information content (AvgIpc) is 2.54. The predicted octanol–water partition coefficient (Wildman–Crippen LogP) is 4.05. The molecule has 1 amide bonds. The first-order valence-electron chi connectivity index (χ1n) is 7.74. The Bertz CT molecular complexity index is 737. The van der Waals surface area contributed by atoms with Gasteiger partial charge in [0.15, 0.2) is 0 Å². The summed E-state index contributed by atoms with van der Waals surface area (Å²) >= 11 is 0. The SMILES string of the molecule is COc1cccc(C(=O)Nc2ccc3c(c2)CCC(C)(C)O3)c1. The van der Waals surface area contributed by atoms with Crippen LogP contribution in [0.4, 0.5) is 5.69 Å². The number of amides is 1. The van der Waals surface area contributed by atoms with E-state index in [1.54, 1.807) is 25.3 Å². The van der Waals surface area contributed by atoms with Gasteiger partial charge in [-0.2, -0.15) is 0 Å². The molecule has 4 nitrogen and oxygen atoms in total. The van der Waals surface area contributed by atoms with Crippen LogP contribution in [0.25, 0.3) is 0 Å². The number of aryl methyl sites for hydroxylation is 1. The molecule has 1 N–H and O–H groups in total. The third-order valence-corrected chi connectivity index (χ3v) is 4.03. The standard InChI is InChI=1S/C19H21NO3/c1-19(2)10-9-13-11-15(7-8-17(13)23-19)20-18(21)14-5-4-6-16(12-14)22-3/h4-8,11-12H,9-10H2,1-3H3,(H,20,21). The number of rotatable bonds is 3. The van der Waals surface area contributed by atoms with Gasteiger partial charge in [0.2, 0.25) is 0 Å². The first-order valence-corrected chi connectivity index (χ1v) is 7.74. The monoisotopic (exact) mass is 311 g/mol. The van der Waals surface area contributed by atoms with E-state index in [0.717, 1.165) is 29.8 Å². The smallest absolute Gasteiger partial charge is 0.255 e. The van der Waals surface area contributed by atoms with Crippen LogP contribution in [-0.2, 0) is 6.42 Å². The normalized spacial score (nSPS) is 15.3. The van der Waals surface area contributed by atoms with E-state index in [1.807, 2.05) is 24.3 Å². The van der Waals surface area contributed by atoms with Crippen molar-refractivity contribution in [2.24, 2.45) is 0 Å². The molecule has 120 valence electrons. The Balaban J connectivity index is 1.77. The largest absolute Gasteiger partial charge is 0.497 e. The van der Waals surface area contributed by atoms with E-state index in [1.165, 1.54) is 0 Å². The van der Waals surface area contributed by atoms with Gasteiger partial charge in [-0.15, -0.1) is 0 Å². The summed E-state index contributed by atoms with van der Waals surface area (Å²) < 4.78 is 11.1. The number of hydrogen-bond acceptors (Lipinski definition) is 3. The van der Waals surface area contributed by atoms with Gasteiger partial charge >= 0.3 is 0 Å². The molecule has 0 unspecified atom stereocenters. The molecule has 0 radical (unpaired) electrons. The summed E-state index contributed by atoms with van der Waals surface area (Å²) in [7, 11) is 1.59. The van der Waals surface area contributed by atoms with Crippen LogP contribution in [0, 0.1) is 0 Å². The molecule has 0 atom stereocenters. The van der Waals surface area contributed by atoms with Gasteiger partial charge in [0.25, 0.3) is 5.91 Å². The summed E-state index contributed by atoms with van der Waals surface area (Å²) in [5.74, 6) is 1.42. The van der Waals surface area contributed by atoms with E-state index in [4.69, 9.17) is 9.47 Å². The van der Waals surface area contributed by atoms with E-state index >= 15 is 0 Å². The Kier molecular flexibility index (Phi) is 3.99. The van der Waals surface area contributed by atoms with Crippen molar-refractivity contribution < 1.29 is 14.3 Å². The molecule has 4 heteroatoms. The van der Waals surface area contributed by atoms with Crippen molar-refractivity contribution in [3.63, 3.8) is 0 Å². The van der Waals surface area contributed by atoms with Gasteiger partial charge < -0.3 is 14.8 Å². The summed E-state index contributed by atoms with van der Waals surface area (Å²) in [5.41, 5.74) is 2.35. The van der Waals surface area contributed by atoms with Gasteiger partial charge in [0.05, 0.1) is 7.11 Å². The van der Waals surface area contributed by atoms with Crippen molar-refractivity contribution in [1.29, 1.82) is 0 Å². The molecule has 3 rings (SSSR count). The van der Waals surface area contributed by atoms with Crippen LogP contribution in [0.15, 0.2) is 42.5 Å². The average molecular weight is 311 g/mol. The zero-order chi connectivity index (χ0) is 16.4. The maximum absolute atomic E-state index is 12.4. The van der Waals surface area contributed by atoms with Crippen molar-refractivity contribution in [2.75, 3.05) is 12.4 Å². The first-order chi connectivity index (χ1) is 11.0. The number of methoxy groups -OCH3 is 1. The second-order valence-corrected chi connectivity index (χ2v) is 6.37. The van der Waals surface area contributed by atoms with Gasteiger partial charge in [-0.25, -0.2) is 0 Å². The highest BCUT2D eigenvalue weighted by Gasteiger charge is 2.26. The zero-order valence-corrected chi connectivity index (χ0v) is 13.7. The topological polar surface area (TPSA) is 47.6 Å². The minimum atomic E-state index is -0.152. The number of benzene rings is 2. The molecule has 0 aliphatic carbocycles. The molecule has 2 aromatic rings.